The molecule has 0 aromatic heterocycles. The molecule has 0 aliphatic carbocycles. The first kappa shape index (κ1) is 17.2. The lowest BCUT2D eigenvalue weighted by molar-refractivity contribution is -0.144. The van der Waals surface area contributed by atoms with Gasteiger partial charge in [-0.25, -0.2) is 0 Å². The van der Waals surface area contributed by atoms with Gasteiger partial charge in [-0.05, 0) is 19.4 Å². The Morgan fingerprint density at radius 1 is 1.58 bits per heavy atom. The molecule has 0 saturated carbocycles. The van der Waals surface area contributed by atoms with Gasteiger partial charge in [-0.1, -0.05) is 5.11 Å². The minimum atomic E-state index is -0.953. The molecule has 1 amide bonds. The van der Waals surface area contributed by atoms with Crippen molar-refractivity contribution in [2.45, 2.75) is 31.9 Å². The number of ether oxygens (including phenoxy) is 1. The fourth-order valence-corrected chi connectivity index (χ4v) is 1.26. The van der Waals surface area contributed by atoms with Gasteiger partial charge in [0.15, 0.2) is 0 Å². The molecule has 0 rings (SSSR count). The molecular formula is C10H19N5O4. The second kappa shape index (κ2) is 8.30. The van der Waals surface area contributed by atoms with E-state index < -0.39 is 23.5 Å². The van der Waals surface area contributed by atoms with Gasteiger partial charge < -0.3 is 20.9 Å². The number of rotatable bonds is 9. The van der Waals surface area contributed by atoms with Crippen molar-refractivity contribution >= 4 is 11.9 Å². The van der Waals surface area contributed by atoms with Gasteiger partial charge in [-0.2, -0.15) is 0 Å². The largest absolute Gasteiger partial charge is 0.481 e. The maximum Gasteiger partial charge on any atom is 0.306 e. The molecule has 0 aromatic carbocycles. The Morgan fingerprint density at radius 2 is 2.21 bits per heavy atom. The number of carboxylic acid groups (broad SMARTS) is 1. The number of hydrogen-bond donors (Lipinski definition) is 3. The first-order valence-electron chi connectivity index (χ1n) is 5.68. The van der Waals surface area contributed by atoms with Crippen molar-refractivity contribution < 1.29 is 19.4 Å². The molecule has 0 aliphatic rings. The molecule has 0 radical (unpaired) electrons. The summed E-state index contributed by atoms with van der Waals surface area (Å²) in [4.78, 5) is 24.4. The molecule has 108 valence electrons. The highest BCUT2D eigenvalue weighted by atomic mass is 16.5. The second-order valence-corrected chi connectivity index (χ2v) is 4.49. The van der Waals surface area contributed by atoms with Crippen LogP contribution in [0.4, 0.5) is 0 Å². The Labute approximate surface area is 110 Å². The van der Waals surface area contributed by atoms with Crippen LogP contribution in [-0.4, -0.2) is 48.3 Å². The van der Waals surface area contributed by atoms with Gasteiger partial charge in [0.25, 0.3) is 0 Å². The van der Waals surface area contributed by atoms with Gasteiger partial charge in [0.05, 0.1) is 24.7 Å². The number of aliphatic carboxylic acids is 1. The third-order valence-corrected chi connectivity index (χ3v) is 2.15. The summed E-state index contributed by atoms with van der Waals surface area (Å²) < 4.78 is 5.33. The van der Waals surface area contributed by atoms with Crippen LogP contribution in [0.25, 0.3) is 10.4 Å². The van der Waals surface area contributed by atoms with Gasteiger partial charge in [-0.15, -0.1) is 0 Å². The summed E-state index contributed by atoms with van der Waals surface area (Å²) in [6.07, 6.45) is -0.128. The van der Waals surface area contributed by atoms with E-state index in [0.717, 1.165) is 0 Å². The fraction of sp³-hybridized carbons (Fsp3) is 0.800. The van der Waals surface area contributed by atoms with E-state index in [-0.39, 0.29) is 26.1 Å². The highest BCUT2D eigenvalue weighted by Crippen LogP contribution is 2.13. The first-order valence-corrected chi connectivity index (χ1v) is 5.68. The van der Waals surface area contributed by atoms with E-state index in [2.05, 4.69) is 15.3 Å². The Kier molecular flexibility index (Phi) is 7.50. The Morgan fingerprint density at radius 3 is 2.74 bits per heavy atom. The molecule has 0 bridgehead atoms. The van der Waals surface area contributed by atoms with Crippen molar-refractivity contribution in [1.29, 1.82) is 0 Å². The van der Waals surface area contributed by atoms with E-state index in [1.165, 1.54) is 0 Å². The van der Waals surface area contributed by atoms with Gasteiger partial charge in [0.1, 0.15) is 0 Å². The van der Waals surface area contributed by atoms with E-state index >= 15 is 0 Å². The number of amides is 1. The second-order valence-electron chi connectivity index (χ2n) is 4.49. The summed E-state index contributed by atoms with van der Waals surface area (Å²) >= 11 is 0. The topological polar surface area (TPSA) is 150 Å². The van der Waals surface area contributed by atoms with E-state index in [9.17, 15) is 9.59 Å². The van der Waals surface area contributed by atoms with Crippen LogP contribution in [-0.2, 0) is 14.3 Å². The Hall–Kier alpha value is -1.83. The lowest BCUT2D eigenvalue weighted by Gasteiger charge is -2.23. The number of nitrogens with zero attached hydrogens (tertiary/aromatic N) is 3. The summed E-state index contributed by atoms with van der Waals surface area (Å²) in [7, 11) is 0. The quantitative estimate of drug-likeness (QED) is 0.234. The Bertz CT molecular complexity index is 365. The maximum absolute atomic E-state index is 11.4. The highest BCUT2D eigenvalue weighted by Gasteiger charge is 2.22. The van der Waals surface area contributed by atoms with E-state index in [4.69, 9.17) is 21.1 Å². The normalized spacial score (nSPS) is 12.4. The van der Waals surface area contributed by atoms with Crippen molar-refractivity contribution in [1.82, 2.24) is 5.32 Å². The third-order valence-electron chi connectivity index (χ3n) is 2.15. The molecular weight excluding hydrogens is 254 g/mol. The standard InChI is InChI=1S/C10H19N5O4/c1-10(2,5-8(16)17)19-4-3-13-9(18)7(11)6-14-15-12/h7H,3-6,11H2,1-2H3,(H,13,18)(H,16,17). The predicted molar refractivity (Wildman–Crippen MR) is 67.3 cm³/mol. The smallest absolute Gasteiger partial charge is 0.306 e. The molecule has 0 fully saturated rings. The van der Waals surface area contributed by atoms with Gasteiger partial charge in [0, 0.05) is 18.0 Å². The zero-order chi connectivity index (χ0) is 14.9. The summed E-state index contributed by atoms with van der Waals surface area (Å²) in [5.74, 6) is -1.41. The molecule has 1 atom stereocenters. The monoisotopic (exact) mass is 273 g/mol. The van der Waals surface area contributed by atoms with Crippen LogP contribution in [0.1, 0.15) is 20.3 Å². The average Bonchev–Trinajstić information content (AvgIpc) is 2.29. The molecule has 0 spiro atoms. The summed E-state index contributed by atoms with van der Waals surface area (Å²) in [6, 6.07) is -0.900. The van der Waals surface area contributed by atoms with Crippen molar-refractivity contribution in [3.63, 3.8) is 0 Å². The molecule has 19 heavy (non-hydrogen) atoms. The van der Waals surface area contributed by atoms with Crippen LogP contribution in [0.3, 0.4) is 0 Å². The number of azide groups is 1. The molecule has 0 aromatic rings. The van der Waals surface area contributed by atoms with Crippen LogP contribution in [0, 0.1) is 0 Å². The number of carbonyl (C=O) groups excluding carboxylic acids is 1. The number of nitrogens with two attached hydrogens (primary N) is 1. The minimum absolute atomic E-state index is 0.117. The number of carboxylic acids is 1. The van der Waals surface area contributed by atoms with Crippen LogP contribution >= 0.6 is 0 Å². The molecule has 0 aliphatic heterocycles. The van der Waals surface area contributed by atoms with Crippen LogP contribution in [0.15, 0.2) is 5.11 Å². The van der Waals surface area contributed by atoms with Crippen LogP contribution in [0.5, 0.6) is 0 Å². The summed E-state index contributed by atoms with van der Waals surface area (Å²) in [6.45, 7) is 3.55. The van der Waals surface area contributed by atoms with Gasteiger partial charge >= 0.3 is 5.97 Å². The summed E-state index contributed by atoms with van der Waals surface area (Å²) in [5.41, 5.74) is 12.7. The number of hydrogen-bond acceptors (Lipinski definition) is 5. The SMILES string of the molecule is CC(C)(CC(=O)O)OCCNC(=O)C(N)CN=[N+]=[N-]. The number of nitrogens with one attached hydrogen (secondary N) is 1. The van der Waals surface area contributed by atoms with Crippen molar-refractivity contribution in [2.24, 2.45) is 10.8 Å². The van der Waals surface area contributed by atoms with E-state index in [1.807, 2.05) is 0 Å². The van der Waals surface area contributed by atoms with E-state index in [1.54, 1.807) is 13.8 Å². The third kappa shape index (κ3) is 8.83. The maximum atomic E-state index is 11.4. The van der Waals surface area contributed by atoms with Crippen LogP contribution in [0.2, 0.25) is 0 Å². The zero-order valence-corrected chi connectivity index (χ0v) is 11.0. The summed E-state index contributed by atoms with van der Waals surface area (Å²) in [5, 5.41) is 14.3. The number of carbonyl (C=O) groups is 2. The lowest BCUT2D eigenvalue weighted by atomic mass is 10.1. The zero-order valence-electron chi connectivity index (χ0n) is 11.0. The lowest BCUT2D eigenvalue weighted by Crippen LogP contribution is -2.44. The molecule has 4 N–H and O–H groups in total. The van der Waals surface area contributed by atoms with Gasteiger partial charge in [-0.3, -0.25) is 9.59 Å². The molecule has 0 saturated heterocycles. The van der Waals surface area contributed by atoms with Crippen LogP contribution < -0.4 is 11.1 Å². The average molecular weight is 273 g/mol. The van der Waals surface area contributed by atoms with Crippen molar-refractivity contribution in [2.75, 3.05) is 19.7 Å². The van der Waals surface area contributed by atoms with Crippen molar-refractivity contribution in [3.8, 4) is 0 Å². The molecule has 9 nitrogen and oxygen atoms in total. The molecule has 9 heteroatoms. The predicted octanol–water partition coefficient (Wildman–Crippen LogP) is 0.0101. The van der Waals surface area contributed by atoms with Crippen molar-refractivity contribution in [3.05, 3.63) is 10.4 Å². The molecule has 0 heterocycles. The first-order chi connectivity index (χ1) is 8.78. The Balaban J connectivity index is 3.88. The van der Waals surface area contributed by atoms with Gasteiger partial charge in [0.2, 0.25) is 5.91 Å². The minimum Gasteiger partial charge on any atom is -0.481 e. The molecule has 1 unspecified atom stereocenters. The highest BCUT2D eigenvalue weighted by molar-refractivity contribution is 5.81. The van der Waals surface area contributed by atoms with E-state index in [0.29, 0.717) is 0 Å². The fourth-order valence-electron chi connectivity index (χ4n) is 1.26.